The first-order chi connectivity index (χ1) is 15.4. The van der Waals surface area contributed by atoms with Crippen LogP contribution in [0.25, 0.3) is 0 Å². The first-order valence-electron chi connectivity index (χ1n) is 10.0. The van der Waals surface area contributed by atoms with E-state index in [2.05, 4.69) is 20.8 Å². The van der Waals surface area contributed by atoms with Crippen LogP contribution in [0, 0.1) is 0 Å². The first-order valence-corrected chi connectivity index (χ1v) is 11.8. The number of halogens is 2. The summed E-state index contributed by atoms with van der Waals surface area (Å²) >= 11 is 13.3. The van der Waals surface area contributed by atoms with Crippen molar-refractivity contribution >= 4 is 46.8 Å². The van der Waals surface area contributed by atoms with E-state index in [0.717, 1.165) is 5.56 Å². The summed E-state index contributed by atoms with van der Waals surface area (Å²) in [6.07, 6.45) is 0. The Kier molecular flexibility index (Phi) is 8.55. The maximum absolute atomic E-state index is 12.6. The molecule has 2 N–H and O–H groups in total. The summed E-state index contributed by atoms with van der Waals surface area (Å²) in [5.41, 5.74) is 1.37. The van der Waals surface area contributed by atoms with Crippen LogP contribution in [0.2, 0.25) is 10.0 Å². The molecule has 1 aromatic heterocycles. The van der Waals surface area contributed by atoms with Crippen molar-refractivity contribution in [2.24, 2.45) is 0 Å². The van der Waals surface area contributed by atoms with Crippen LogP contribution in [0.3, 0.4) is 0 Å². The molecule has 168 valence electrons. The van der Waals surface area contributed by atoms with Crippen molar-refractivity contribution < 1.29 is 9.59 Å². The van der Waals surface area contributed by atoms with Crippen LogP contribution in [0.15, 0.2) is 53.7 Å². The number of nitrogens with zero attached hydrogens (tertiary/aromatic N) is 3. The molecule has 2 aromatic carbocycles. The molecule has 1 atom stereocenters. The Morgan fingerprint density at radius 3 is 2.56 bits per heavy atom. The molecule has 0 aliphatic carbocycles. The number of hydrogen-bond donors (Lipinski definition) is 2. The molecule has 0 radical (unpaired) electrons. The average molecular weight is 492 g/mol. The molecule has 10 heteroatoms. The van der Waals surface area contributed by atoms with Crippen LogP contribution in [0.5, 0.6) is 0 Å². The van der Waals surface area contributed by atoms with Crippen molar-refractivity contribution in [3.05, 3.63) is 75.5 Å². The second-order valence-corrected chi connectivity index (χ2v) is 8.74. The Hall–Kier alpha value is -2.55. The van der Waals surface area contributed by atoms with E-state index in [9.17, 15) is 9.59 Å². The summed E-state index contributed by atoms with van der Waals surface area (Å²) in [5.74, 6) is 0.383. The van der Waals surface area contributed by atoms with Gasteiger partial charge in [-0.05, 0) is 37.6 Å². The van der Waals surface area contributed by atoms with Gasteiger partial charge in [-0.2, -0.15) is 0 Å². The van der Waals surface area contributed by atoms with Crippen molar-refractivity contribution in [1.29, 1.82) is 0 Å². The third-order valence-corrected chi connectivity index (χ3v) is 6.15. The zero-order valence-electron chi connectivity index (χ0n) is 17.6. The number of carbonyl (C=O) groups excluding carboxylic acids is 2. The lowest BCUT2D eigenvalue weighted by Crippen LogP contribution is -2.29. The highest BCUT2D eigenvalue weighted by atomic mass is 35.5. The van der Waals surface area contributed by atoms with Crippen molar-refractivity contribution in [2.45, 2.75) is 38.1 Å². The smallest absolute Gasteiger partial charge is 0.253 e. The number of rotatable bonds is 9. The van der Waals surface area contributed by atoms with Crippen molar-refractivity contribution in [1.82, 2.24) is 25.4 Å². The number of hydrogen-bond acceptors (Lipinski definition) is 5. The van der Waals surface area contributed by atoms with Crippen molar-refractivity contribution in [2.75, 3.05) is 5.75 Å². The molecule has 0 spiro atoms. The topological polar surface area (TPSA) is 88.9 Å². The van der Waals surface area contributed by atoms with Crippen LogP contribution in [0.4, 0.5) is 0 Å². The van der Waals surface area contributed by atoms with Crippen LogP contribution in [-0.4, -0.2) is 32.3 Å². The van der Waals surface area contributed by atoms with Gasteiger partial charge in [0.05, 0.1) is 22.4 Å². The van der Waals surface area contributed by atoms with Gasteiger partial charge in [0, 0.05) is 18.1 Å². The van der Waals surface area contributed by atoms with E-state index in [1.807, 2.05) is 48.7 Å². The summed E-state index contributed by atoms with van der Waals surface area (Å²) in [6.45, 7) is 4.84. The maximum atomic E-state index is 12.6. The largest absolute Gasteiger partial charge is 0.351 e. The minimum Gasteiger partial charge on any atom is -0.351 e. The molecule has 0 fully saturated rings. The fraction of sp³-hybridized carbons (Fsp3) is 0.273. The van der Waals surface area contributed by atoms with Gasteiger partial charge in [-0.15, -0.1) is 10.2 Å². The maximum Gasteiger partial charge on any atom is 0.253 e. The lowest BCUT2D eigenvalue weighted by atomic mass is 10.2. The lowest BCUT2D eigenvalue weighted by molar-refractivity contribution is -0.118. The van der Waals surface area contributed by atoms with Crippen LogP contribution in [0.1, 0.15) is 41.6 Å². The SMILES string of the molecule is CCn1c(SCC(=O)NCc2ccccc2)nnc1[C@@H](C)NC(=O)c1ccc(Cl)cc1Cl. The predicted octanol–water partition coefficient (Wildman–Crippen LogP) is 4.50. The quantitative estimate of drug-likeness (QED) is 0.430. The van der Waals surface area contributed by atoms with Gasteiger partial charge in [0.25, 0.3) is 5.91 Å². The van der Waals surface area contributed by atoms with Gasteiger partial charge >= 0.3 is 0 Å². The predicted molar refractivity (Wildman–Crippen MR) is 127 cm³/mol. The van der Waals surface area contributed by atoms with Gasteiger partial charge in [0.1, 0.15) is 0 Å². The van der Waals surface area contributed by atoms with Gasteiger partial charge in [-0.25, -0.2) is 0 Å². The molecule has 0 aliphatic rings. The summed E-state index contributed by atoms with van der Waals surface area (Å²) < 4.78 is 1.88. The normalized spacial score (nSPS) is 11.8. The van der Waals surface area contributed by atoms with Gasteiger partial charge in [0.2, 0.25) is 5.91 Å². The van der Waals surface area contributed by atoms with Crippen molar-refractivity contribution in [3.8, 4) is 0 Å². The first kappa shape index (κ1) is 24.1. The molecule has 7 nitrogen and oxygen atoms in total. The highest BCUT2D eigenvalue weighted by Gasteiger charge is 2.21. The monoisotopic (exact) mass is 491 g/mol. The Labute approximate surface area is 200 Å². The summed E-state index contributed by atoms with van der Waals surface area (Å²) in [6, 6.07) is 14.0. The summed E-state index contributed by atoms with van der Waals surface area (Å²) in [4.78, 5) is 24.8. The number of carbonyl (C=O) groups is 2. The zero-order chi connectivity index (χ0) is 23.1. The highest BCUT2D eigenvalue weighted by Crippen LogP contribution is 2.23. The minimum atomic E-state index is -0.414. The second kappa shape index (κ2) is 11.4. The summed E-state index contributed by atoms with van der Waals surface area (Å²) in [5, 5.41) is 15.6. The lowest BCUT2D eigenvalue weighted by Gasteiger charge is -2.15. The molecule has 0 unspecified atom stereocenters. The number of amides is 2. The molecule has 0 saturated heterocycles. The second-order valence-electron chi connectivity index (χ2n) is 6.96. The van der Waals surface area contributed by atoms with E-state index >= 15 is 0 Å². The number of benzene rings is 2. The molecular weight excluding hydrogens is 469 g/mol. The Bertz CT molecular complexity index is 1090. The third-order valence-electron chi connectivity index (χ3n) is 4.64. The van der Waals surface area contributed by atoms with E-state index in [1.165, 1.54) is 17.8 Å². The number of thioether (sulfide) groups is 1. The zero-order valence-corrected chi connectivity index (χ0v) is 20.0. The third kappa shape index (κ3) is 6.25. The Morgan fingerprint density at radius 2 is 1.88 bits per heavy atom. The Balaban J connectivity index is 1.59. The van der Waals surface area contributed by atoms with Gasteiger partial charge in [-0.3, -0.25) is 9.59 Å². The van der Waals surface area contributed by atoms with E-state index < -0.39 is 6.04 Å². The molecule has 0 aliphatic heterocycles. The molecule has 0 bridgehead atoms. The molecule has 0 saturated carbocycles. The van der Waals surface area contributed by atoms with Gasteiger partial charge in [0.15, 0.2) is 11.0 Å². The van der Waals surface area contributed by atoms with Crippen molar-refractivity contribution in [3.63, 3.8) is 0 Å². The average Bonchev–Trinajstić information content (AvgIpc) is 3.20. The molecule has 3 rings (SSSR count). The van der Waals surface area contributed by atoms with Gasteiger partial charge < -0.3 is 15.2 Å². The number of aromatic nitrogens is 3. The van der Waals surface area contributed by atoms with E-state index in [4.69, 9.17) is 23.2 Å². The standard InChI is InChI=1S/C22H23Cl2N5O2S/c1-3-29-20(14(2)26-21(31)17-10-9-16(23)11-18(17)24)27-28-22(29)32-13-19(30)25-12-15-7-5-4-6-8-15/h4-11,14H,3,12-13H2,1-2H3,(H,25,30)(H,26,31)/t14-/m1/s1. The fourth-order valence-electron chi connectivity index (χ4n) is 3.01. The summed E-state index contributed by atoms with van der Waals surface area (Å²) in [7, 11) is 0. The van der Waals surface area contributed by atoms with Crippen LogP contribution >= 0.6 is 35.0 Å². The minimum absolute atomic E-state index is 0.0928. The number of nitrogens with one attached hydrogen (secondary N) is 2. The van der Waals surface area contributed by atoms with Crippen LogP contribution in [-0.2, 0) is 17.9 Å². The van der Waals surface area contributed by atoms with Crippen LogP contribution < -0.4 is 10.6 Å². The van der Waals surface area contributed by atoms with E-state index in [1.54, 1.807) is 12.1 Å². The molecule has 1 heterocycles. The highest BCUT2D eigenvalue weighted by molar-refractivity contribution is 7.99. The molecule has 2 amide bonds. The Morgan fingerprint density at radius 1 is 1.12 bits per heavy atom. The molecule has 3 aromatic rings. The van der Waals surface area contributed by atoms with E-state index in [0.29, 0.717) is 34.7 Å². The molecule has 32 heavy (non-hydrogen) atoms. The van der Waals surface area contributed by atoms with Gasteiger partial charge in [-0.1, -0.05) is 65.3 Å². The van der Waals surface area contributed by atoms with E-state index in [-0.39, 0.29) is 22.6 Å². The fourth-order valence-corrected chi connectivity index (χ4v) is 4.35. The molecular formula is C22H23Cl2N5O2S.